The first kappa shape index (κ1) is 23.3. The number of benzene rings is 1. The molecule has 1 amide bonds. The standard InChI is InChI=1S/C25H28N4O5/c1-16(2)28-25(30)34-21-15-32-24(29-21)23-17(3)22-19(8-4-9-20(22)33-23)31-12-6-11-27-14-18-7-5-10-26-13-18/h4-5,7-10,13,15-16,27H,6,11-12,14H2,1-3H3,(H,28,30). The van der Waals surface area contributed by atoms with Gasteiger partial charge in [-0.25, -0.2) is 4.79 Å². The number of carbonyl (C=O) groups is 1. The number of pyridine rings is 1. The van der Waals surface area contributed by atoms with Crippen molar-refractivity contribution >= 4 is 17.1 Å². The van der Waals surface area contributed by atoms with E-state index in [4.69, 9.17) is 18.3 Å². The second-order valence-electron chi connectivity index (χ2n) is 8.10. The van der Waals surface area contributed by atoms with Crippen molar-refractivity contribution in [3.05, 3.63) is 60.1 Å². The Labute approximate surface area is 197 Å². The molecule has 4 rings (SSSR count). The third kappa shape index (κ3) is 5.74. The van der Waals surface area contributed by atoms with Crippen molar-refractivity contribution in [1.29, 1.82) is 0 Å². The van der Waals surface area contributed by atoms with Crippen LogP contribution >= 0.6 is 0 Å². The van der Waals surface area contributed by atoms with E-state index in [9.17, 15) is 4.79 Å². The van der Waals surface area contributed by atoms with Gasteiger partial charge in [-0.1, -0.05) is 12.1 Å². The van der Waals surface area contributed by atoms with Gasteiger partial charge in [-0.2, -0.15) is 4.98 Å². The molecule has 0 saturated carbocycles. The van der Waals surface area contributed by atoms with Gasteiger partial charge in [0.1, 0.15) is 11.3 Å². The summed E-state index contributed by atoms with van der Waals surface area (Å²) >= 11 is 0. The van der Waals surface area contributed by atoms with Crippen molar-refractivity contribution < 1.29 is 23.1 Å². The molecule has 0 fully saturated rings. The first-order chi connectivity index (χ1) is 16.5. The number of ether oxygens (including phenoxy) is 2. The predicted molar refractivity (Wildman–Crippen MR) is 127 cm³/mol. The van der Waals surface area contributed by atoms with Crippen LogP contribution in [0.5, 0.6) is 11.6 Å². The first-order valence-corrected chi connectivity index (χ1v) is 11.2. The van der Waals surface area contributed by atoms with E-state index in [1.165, 1.54) is 6.26 Å². The van der Waals surface area contributed by atoms with Crippen molar-refractivity contribution in [2.24, 2.45) is 0 Å². The van der Waals surface area contributed by atoms with Gasteiger partial charge in [-0.3, -0.25) is 4.98 Å². The fourth-order valence-electron chi connectivity index (χ4n) is 3.48. The van der Waals surface area contributed by atoms with Crippen molar-refractivity contribution in [2.45, 2.75) is 39.8 Å². The maximum absolute atomic E-state index is 11.8. The number of hydrogen-bond donors (Lipinski definition) is 2. The Bertz CT molecular complexity index is 1230. The number of nitrogens with zero attached hydrogens (tertiary/aromatic N) is 2. The topological polar surface area (TPSA) is 112 Å². The molecule has 0 radical (unpaired) electrons. The number of furan rings is 1. The third-order valence-electron chi connectivity index (χ3n) is 5.00. The number of fused-ring (bicyclic) bond motifs is 1. The highest BCUT2D eigenvalue weighted by Gasteiger charge is 2.21. The molecule has 1 aromatic carbocycles. The molecule has 178 valence electrons. The lowest BCUT2D eigenvalue weighted by molar-refractivity contribution is 0.195. The average molecular weight is 465 g/mol. The quantitative estimate of drug-likeness (QED) is 0.321. The molecule has 0 spiro atoms. The number of oxazole rings is 1. The Morgan fingerprint density at radius 1 is 1.21 bits per heavy atom. The van der Waals surface area contributed by atoms with Crippen LogP contribution in [0.15, 0.2) is 57.8 Å². The summed E-state index contributed by atoms with van der Waals surface area (Å²) in [5.74, 6) is 1.48. The van der Waals surface area contributed by atoms with Crippen LogP contribution in [-0.4, -0.2) is 35.3 Å². The number of hydrogen-bond acceptors (Lipinski definition) is 8. The van der Waals surface area contributed by atoms with Crippen molar-refractivity contribution in [3.63, 3.8) is 0 Å². The van der Waals surface area contributed by atoms with E-state index in [1.54, 1.807) is 6.20 Å². The molecular weight excluding hydrogens is 436 g/mol. The predicted octanol–water partition coefficient (Wildman–Crippen LogP) is 4.85. The Morgan fingerprint density at radius 3 is 2.88 bits per heavy atom. The number of carbonyl (C=O) groups excluding carboxylic acids is 1. The number of rotatable bonds is 10. The normalized spacial score (nSPS) is 11.2. The molecule has 0 atom stereocenters. The van der Waals surface area contributed by atoms with E-state index >= 15 is 0 Å². The van der Waals surface area contributed by atoms with Crippen molar-refractivity contribution in [2.75, 3.05) is 13.2 Å². The Balaban J connectivity index is 1.38. The highest BCUT2D eigenvalue weighted by molar-refractivity contribution is 5.91. The molecule has 0 aliphatic carbocycles. The number of aryl methyl sites for hydroxylation is 1. The third-order valence-corrected chi connectivity index (χ3v) is 5.00. The molecule has 0 aliphatic rings. The van der Waals surface area contributed by atoms with E-state index < -0.39 is 6.09 Å². The molecule has 3 heterocycles. The lowest BCUT2D eigenvalue weighted by Gasteiger charge is -2.08. The first-order valence-electron chi connectivity index (χ1n) is 11.2. The molecule has 0 unspecified atom stereocenters. The van der Waals surface area contributed by atoms with Gasteiger partial charge in [0.15, 0.2) is 12.0 Å². The van der Waals surface area contributed by atoms with Crippen LogP contribution in [-0.2, 0) is 6.54 Å². The van der Waals surface area contributed by atoms with Gasteiger partial charge in [-0.15, -0.1) is 0 Å². The maximum atomic E-state index is 11.8. The molecule has 0 aliphatic heterocycles. The molecular formula is C25H28N4O5. The summed E-state index contributed by atoms with van der Waals surface area (Å²) in [6.07, 6.45) is 5.15. The minimum Gasteiger partial charge on any atom is -0.493 e. The lowest BCUT2D eigenvalue weighted by atomic mass is 10.1. The second kappa shape index (κ2) is 10.8. The van der Waals surface area contributed by atoms with Crippen molar-refractivity contribution in [1.82, 2.24) is 20.6 Å². The zero-order chi connectivity index (χ0) is 23.9. The summed E-state index contributed by atoms with van der Waals surface area (Å²) in [5, 5.41) is 6.88. The lowest BCUT2D eigenvalue weighted by Crippen LogP contribution is -2.32. The molecule has 0 bridgehead atoms. The zero-order valence-electron chi connectivity index (χ0n) is 19.5. The molecule has 3 aromatic heterocycles. The summed E-state index contributed by atoms with van der Waals surface area (Å²) in [4.78, 5) is 20.1. The van der Waals surface area contributed by atoms with Crippen LogP contribution in [0.1, 0.15) is 31.4 Å². The molecule has 0 saturated heterocycles. The van der Waals surface area contributed by atoms with Gasteiger partial charge < -0.3 is 28.9 Å². The Morgan fingerprint density at radius 2 is 2.09 bits per heavy atom. The molecule has 9 nitrogen and oxygen atoms in total. The Kier molecular flexibility index (Phi) is 7.44. The monoisotopic (exact) mass is 464 g/mol. The zero-order valence-corrected chi connectivity index (χ0v) is 19.5. The van der Waals surface area contributed by atoms with Gasteiger partial charge in [0, 0.05) is 30.5 Å². The van der Waals surface area contributed by atoms with E-state index in [-0.39, 0.29) is 17.8 Å². The smallest absolute Gasteiger partial charge is 0.414 e. The number of nitrogens with one attached hydrogen (secondary N) is 2. The summed E-state index contributed by atoms with van der Waals surface area (Å²) < 4.78 is 22.7. The largest absolute Gasteiger partial charge is 0.493 e. The van der Waals surface area contributed by atoms with Crippen LogP contribution in [0.25, 0.3) is 22.6 Å². The van der Waals surface area contributed by atoms with Gasteiger partial charge >= 0.3 is 6.09 Å². The van der Waals surface area contributed by atoms with E-state index in [2.05, 4.69) is 20.6 Å². The Hall–Kier alpha value is -3.85. The fraction of sp³-hybridized carbons (Fsp3) is 0.320. The molecule has 9 heteroatoms. The minimum absolute atomic E-state index is 0.0492. The van der Waals surface area contributed by atoms with Crippen LogP contribution in [0.3, 0.4) is 0 Å². The van der Waals surface area contributed by atoms with E-state index in [1.807, 2.05) is 57.3 Å². The highest BCUT2D eigenvalue weighted by Crippen LogP contribution is 2.38. The van der Waals surface area contributed by atoms with E-state index in [0.29, 0.717) is 18.0 Å². The minimum atomic E-state index is -0.596. The summed E-state index contributed by atoms with van der Waals surface area (Å²) in [5.41, 5.74) is 2.65. The summed E-state index contributed by atoms with van der Waals surface area (Å²) in [7, 11) is 0. The van der Waals surface area contributed by atoms with E-state index in [0.717, 1.165) is 41.8 Å². The van der Waals surface area contributed by atoms with Crippen LogP contribution in [0, 0.1) is 6.92 Å². The summed E-state index contributed by atoms with van der Waals surface area (Å²) in [6.45, 7) is 7.75. The highest BCUT2D eigenvalue weighted by atomic mass is 16.6. The van der Waals surface area contributed by atoms with Gasteiger partial charge in [0.05, 0.1) is 12.0 Å². The van der Waals surface area contributed by atoms with Crippen molar-refractivity contribution in [3.8, 4) is 23.3 Å². The van der Waals surface area contributed by atoms with Gasteiger partial charge in [-0.05, 0) is 57.5 Å². The average Bonchev–Trinajstić information content (AvgIpc) is 3.40. The molecule has 2 N–H and O–H groups in total. The number of amides is 1. The maximum Gasteiger partial charge on any atom is 0.414 e. The fourth-order valence-corrected chi connectivity index (χ4v) is 3.48. The molecule has 34 heavy (non-hydrogen) atoms. The van der Waals surface area contributed by atoms with Crippen LogP contribution in [0.4, 0.5) is 4.79 Å². The van der Waals surface area contributed by atoms with Gasteiger partial charge in [0.2, 0.25) is 0 Å². The SMILES string of the molecule is Cc1c(-c2nc(OC(=O)NC(C)C)co2)oc2cccc(OCCCNCc3cccnc3)c12. The van der Waals surface area contributed by atoms with Crippen LogP contribution in [0.2, 0.25) is 0 Å². The molecule has 4 aromatic rings. The summed E-state index contributed by atoms with van der Waals surface area (Å²) in [6, 6.07) is 9.58. The van der Waals surface area contributed by atoms with Crippen LogP contribution < -0.4 is 20.1 Å². The van der Waals surface area contributed by atoms with Gasteiger partial charge in [0.25, 0.3) is 11.8 Å². The second-order valence-corrected chi connectivity index (χ2v) is 8.10. The number of aromatic nitrogens is 2.